The van der Waals surface area contributed by atoms with Crippen LogP contribution in [0, 0.1) is 0 Å². The molecule has 0 aliphatic carbocycles. The fraction of sp³-hybridized carbons (Fsp3) is 0.222. The van der Waals surface area contributed by atoms with Crippen molar-refractivity contribution in [3.8, 4) is 0 Å². The molecule has 8 heteroatoms. The van der Waals surface area contributed by atoms with E-state index < -0.39 is 28.9 Å². The van der Waals surface area contributed by atoms with Crippen molar-refractivity contribution in [3.05, 3.63) is 65.7 Å². The second-order valence-corrected chi connectivity index (χ2v) is 6.34. The topological polar surface area (TPSA) is 55.4 Å². The largest absolute Gasteiger partial charge is 0.468 e. The van der Waals surface area contributed by atoms with Crippen LogP contribution in [-0.4, -0.2) is 24.7 Å². The molecule has 1 atom stereocenters. The molecule has 138 valence electrons. The van der Waals surface area contributed by atoms with Crippen LogP contribution in [0.5, 0.6) is 0 Å². The zero-order chi connectivity index (χ0) is 19.2. The number of anilines is 1. The number of rotatable bonds is 6. The van der Waals surface area contributed by atoms with E-state index in [9.17, 15) is 22.8 Å². The van der Waals surface area contributed by atoms with Crippen molar-refractivity contribution in [2.24, 2.45) is 0 Å². The van der Waals surface area contributed by atoms with E-state index in [2.05, 4.69) is 10.1 Å². The van der Waals surface area contributed by atoms with Gasteiger partial charge in [0.25, 0.3) is 0 Å². The van der Waals surface area contributed by atoms with Crippen molar-refractivity contribution in [1.82, 2.24) is 0 Å². The van der Waals surface area contributed by atoms with Gasteiger partial charge in [0.15, 0.2) is 0 Å². The normalized spacial score (nSPS) is 12.3. The Balaban J connectivity index is 2.20. The van der Waals surface area contributed by atoms with Crippen LogP contribution < -0.4 is 5.32 Å². The van der Waals surface area contributed by atoms with E-state index in [1.807, 2.05) is 0 Å². The van der Waals surface area contributed by atoms with Crippen molar-refractivity contribution < 1.29 is 27.5 Å². The Morgan fingerprint density at radius 1 is 1.12 bits per heavy atom. The van der Waals surface area contributed by atoms with Gasteiger partial charge in [0.2, 0.25) is 5.91 Å². The smallest absolute Gasteiger partial charge is 0.416 e. The molecule has 0 saturated carbocycles. The van der Waals surface area contributed by atoms with Crippen LogP contribution in [0.2, 0.25) is 0 Å². The predicted molar refractivity (Wildman–Crippen MR) is 93.7 cm³/mol. The number of carbonyl (C=O) groups is 2. The van der Waals surface area contributed by atoms with Gasteiger partial charge in [0, 0.05) is 5.69 Å². The average Bonchev–Trinajstić information content (AvgIpc) is 2.62. The van der Waals surface area contributed by atoms with Gasteiger partial charge in [-0.2, -0.15) is 13.2 Å². The van der Waals surface area contributed by atoms with E-state index in [-0.39, 0.29) is 11.4 Å². The fourth-order valence-electron chi connectivity index (χ4n) is 2.14. The minimum absolute atomic E-state index is 0.0319. The van der Waals surface area contributed by atoms with Crippen LogP contribution in [0.3, 0.4) is 0 Å². The predicted octanol–water partition coefficient (Wildman–Crippen LogP) is 4.29. The molecular formula is C18H16F3NO3S. The highest BCUT2D eigenvalue weighted by Crippen LogP contribution is 2.33. The summed E-state index contributed by atoms with van der Waals surface area (Å²) in [4.78, 5) is 24.0. The third-order valence-corrected chi connectivity index (χ3v) is 4.62. The van der Waals surface area contributed by atoms with Crippen LogP contribution >= 0.6 is 11.8 Å². The van der Waals surface area contributed by atoms with Crippen LogP contribution in [-0.2, 0) is 20.5 Å². The number of hydrogen-bond acceptors (Lipinski definition) is 4. The van der Waals surface area contributed by atoms with E-state index in [0.29, 0.717) is 5.56 Å². The Bertz CT molecular complexity index is 766. The molecule has 2 rings (SSSR count). The third kappa shape index (κ3) is 5.52. The number of nitrogens with one attached hydrogen (secondary N) is 1. The van der Waals surface area contributed by atoms with E-state index in [1.165, 1.54) is 19.2 Å². The quantitative estimate of drug-likeness (QED) is 0.756. The van der Waals surface area contributed by atoms with Crippen LogP contribution in [0.4, 0.5) is 18.9 Å². The number of halogens is 3. The Hall–Kier alpha value is -2.48. The lowest BCUT2D eigenvalue weighted by molar-refractivity contribution is -0.138. The van der Waals surface area contributed by atoms with E-state index in [4.69, 9.17) is 0 Å². The molecule has 0 radical (unpaired) electrons. The lowest BCUT2D eigenvalue weighted by atomic mass is 10.1. The molecule has 0 saturated heterocycles. The highest BCUT2D eigenvalue weighted by molar-refractivity contribution is 8.00. The molecule has 1 N–H and O–H groups in total. The number of amides is 1. The number of hydrogen-bond donors (Lipinski definition) is 1. The second-order valence-electron chi connectivity index (χ2n) is 5.25. The molecule has 0 heterocycles. The maximum atomic E-state index is 12.8. The lowest BCUT2D eigenvalue weighted by Gasteiger charge is -2.17. The van der Waals surface area contributed by atoms with Gasteiger partial charge in [-0.1, -0.05) is 36.4 Å². The SMILES string of the molecule is COC(=O)CS[C@@H](C(=O)Nc1cccc(C(F)(F)F)c1)c1ccccc1. The van der Waals surface area contributed by atoms with Gasteiger partial charge in [0.05, 0.1) is 18.4 Å². The molecule has 0 fully saturated rings. The Kier molecular flexibility index (Phi) is 6.68. The number of esters is 1. The molecule has 0 aliphatic rings. The van der Waals surface area contributed by atoms with E-state index >= 15 is 0 Å². The third-order valence-electron chi connectivity index (χ3n) is 3.39. The number of carbonyl (C=O) groups excluding carboxylic acids is 2. The molecule has 0 spiro atoms. The van der Waals surface area contributed by atoms with Gasteiger partial charge in [-0.25, -0.2) is 0 Å². The maximum absolute atomic E-state index is 12.8. The summed E-state index contributed by atoms with van der Waals surface area (Å²) in [6, 6.07) is 13.0. The summed E-state index contributed by atoms with van der Waals surface area (Å²) in [5.41, 5.74) is -0.191. The minimum Gasteiger partial charge on any atom is -0.468 e. The zero-order valence-corrected chi connectivity index (χ0v) is 14.6. The zero-order valence-electron chi connectivity index (χ0n) is 13.7. The van der Waals surface area contributed by atoms with Crippen molar-refractivity contribution in [2.75, 3.05) is 18.2 Å². The highest BCUT2D eigenvalue weighted by atomic mass is 32.2. The van der Waals surface area contributed by atoms with E-state index in [0.717, 1.165) is 23.9 Å². The monoisotopic (exact) mass is 383 g/mol. The Labute approximate surface area is 152 Å². The molecule has 2 aromatic carbocycles. The van der Waals surface area contributed by atoms with Gasteiger partial charge in [-0.05, 0) is 23.8 Å². The lowest BCUT2D eigenvalue weighted by Crippen LogP contribution is -2.21. The first-order chi connectivity index (χ1) is 12.3. The van der Waals surface area contributed by atoms with Crippen molar-refractivity contribution in [1.29, 1.82) is 0 Å². The molecule has 2 aromatic rings. The van der Waals surface area contributed by atoms with Gasteiger partial charge < -0.3 is 10.1 Å². The standard InChI is InChI=1S/C18H16F3NO3S/c1-25-15(23)11-26-16(12-6-3-2-4-7-12)17(24)22-14-9-5-8-13(10-14)18(19,20)21/h2-10,16H,11H2,1H3,(H,22,24)/t16-/m1/s1. The Morgan fingerprint density at radius 3 is 2.42 bits per heavy atom. The summed E-state index contributed by atoms with van der Waals surface area (Å²) in [6.45, 7) is 0. The highest BCUT2D eigenvalue weighted by Gasteiger charge is 2.31. The Morgan fingerprint density at radius 2 is 1.81 bits per heavy atom. The van der Waals surface area contributed by atoms with E-state index in [1.54, 1.807) is 30.3 Å². The van der Waals surface area contributed by atoms with Crippen molar-refractivity contribution in [3.63, 3.8) is 0 Å². The summed E-state index contributed by atoms with van der Waals surface area (Å²) in [5, 5.41) is 1.71. The summed E-state index contributed by atoms with van der Waals surface area (Å²) in [5.74, 6) is -1.08. The molecule has 0 bridgehead atoms. The molecule has 0 aliphatic heterocycles. The number of benzene rings is 2. The fourth-order valence-corrected chi connectivity index (χ4v) is 3.12. The molecule has 0 unspecified atom stereocenters. The molecule has 4 nitrogen and oxygen atoms in total. The van der Waals surface area contributed by atoms with Crippen molar-refractivity contribution >= 4 is 29.3 Å². The molecule has 1 amide bonds. The number of alkyl halides is 3. The molecular weight excluding hydrogens is 367 g/mol. The van der Waals surface area contributed by atoms with Crippen LogP contribution in [0.15, 0.2) is 54.6 Å². The summed E-state index contributed by atoms with van der Waals surface area (Å²) >= 11 is 1.04. The summed E-state index contributed by atoms with van der Waals surface area (Å²) < 4.78 is 43.0. The van der Waals surface area contributed by atoms with Gasteiger partial charge in [0.1, 0.15) is 5.25 Å². The second kappa shape index (κ2) is 8.75. The van der Waals surface area contributed by atoms with Gasteiger partial charge in [-0.3, -0.25) is 9.59 Å². The molecule has 26 heavy (non-hydrogen) atoms. The summed E-state index contributed by atoms with van der Waals surface area (Å²) in [7, 11) is 1.24. The van der Waals surface area contributed by atoms with Crippen molar-refractivity contribution in [2.45, 2.75) is 11.4 Å². The number of thioether (sulfide) groups is 1. The van der Waals surface area contributed by atoms with Gasteiger partial charge >= 0.3 is 12.1 Å². The van der Waals surface area contributed by atoms with Crippen LogP contribution in [0.25, 0.3) is 0 Å². The number of methoxy groups -OCH3 is 1. The minimum atomic E-state index is -4.50. The van der Waals surface area contributed by atoms with Crippen LogP contribution in [0.1, 0.15) is 16.4 Å². The maximum Gasteiger partial charge on any atom is 0.416 e. The van der Waals surface area contributed by atoms with Gasteiger partial charge in [-0.15, -0.1) is 11.8 Å². The first-order valence-corrected chi connectivity index (χ1v) is 8.57. The molecule has 0 aromatic heterocycles. The first kappa shape index (κ1) is 19.8. The first-order valence-electron chi connectivity index (χ1n) is 7.52. The average molecular weight is 383 g/mol. The summed E-state index contributed by atoms with van der Waals surface area (Å²) in [6.07, 6.45) is -4.50. The number of ether oxygens (including phenoxy) is 1.